The number of unbranched alkanes of at least 4 members (excludes halogenated alkanes) is 20. The first-order valence-electron chi connectivity index (χ1n) is 21.9. The number of aliphatic carboxylic acids is 3. The Kier molecular flexibility index (Phi) is 38.6. The molecule has 0 spiro atoms. The van der Waals surface area contributed by atoms with Crippen LogP contribution >= 0.6 is 0 Å². The molecule has 0 fully saturated rings. The van der Waals surface area contributed by atoms with Gasteiger partial charge in [0.05, 0.1) is 5.41 Å². The summed E-state index contributed by atoms with van der Waals surface area (Å²) in [5.74, 6) is -2.50. The van der Waals surface area contributed by atoms with E-state index in [0.717, 1.165) is 51.4 Å². The predicted octanol–water partition coefficient (Wildman–Crippen LogP) is 13.5. The molecule has 0 aromatic heterocycles. The van der Waals surface area contributed by atoms with E-state index in [9.17, 15) is 24.3 Å². The zero-order chi connectivity index (χ0) is 39.1. The number of hydrogen-bond donors (Lipinski definition) is 3. The monoisotopic (exact) mass is 741 g/mol. The third-order valence-corrected chi connectivity index (χ3v) is 10.3. The van der Waals surface area contributed by atoms with Gasteiger partial charge in [0.15, 0.2) is 0 Å². The van der Waals surface area contributed by atoms with Crippen LogP contribution in [0, 0.1) is 5.41 Å². The molecule has 2 unspecified atom stereocenters. The number of carboxylic acid groups (broad SMARTS) is 3. The van der Waals surface area contributed by atoms with Crippen LogP contribution < -0.4 is 0 Å². The molecule has 0 aliphatic rings. The van der Waals surface area contributed by atoms with E-state index in [1.807, 2.05) is 0 Å². The van der Waals surface area contributed by atoms with Crippen LogP contribution in [-0.4, -0.2) is 45.3 Å². The Morgan fingerprint density at radius 2 is 0.750 bits per heavy atom. The van der Waals surface area contributed by atoms with Crippen molar-refractivity contribution in [3.63, 3.8) is 0 Å². The average molecular weight is 741 g/mol. The minimum atomic E-state index is -0.830. The number of rotatable bonds is 38. The fourth-order valence-corrected chi connectivity index (χ4v) is 6.94. The van der Waals surface area contributed by atoms with Crippen LogP contribution in [-0.2, 0) is 23.9 Å². The van der Waals surface area contributed by atoms with Crippen molar-refractivity contribution in [2.24, 2.45) is 5.41 Å². The maximum absolute atomic E-state index is 12.1. The zero-order valence-electron chi connectivity index (χ0n) is 34.5. The summed E-state index contributed by atoms with van der Waals surface area (Å²) in [4.78, 5) is 45.4. The van der Waals surface area contributed by atoms with Crippen molar-refractivity contribution in [1.29, 1.82) is 0 Å². The fourth-order valence-electron chi connectivity index (χ4n) is 6.94. The summed E-state index contributed by atoms with van der Waals surface area (Å²) >= 11 is 0. The highest BCUT2D eigenvalue weighted by Gasteiger charge is 2.36. The molecule has 8 heteroatoms. The first-order chi connectivity index (χ1) is 25.1. The number of hydrogen-bond acceptors (Lipinski definition) is 5. The summed E-state index contributed by atoms with van der Waals surface area (Å²) < 4.78 is 5.71. The molecule has 0 aliphatic heterocycles. The van der Waals surface area contributed by atoms with Crippen LogP contribution in [0.2, 0.25) is 0 Å². The van der Waals surface area contributed by atoms with Gasteiger partial charge in [-0.2, -0.15) is 0 Å². The van der Waals surface area contributed by atoms with Gasteiger partial charge in [0, 0.05) is 19.3 Å². The fraction of sp³-hybridized carbons (Fsp3) is 0.909. The van der Waals surface area contributed by atoms with E-state index in [1.165, 1.54) is 109 Å². The van der Waals surface area contributed by atoms with Gasteiger partial charge in [0.1, 0.15) is 6.10 Å². The van der Waals surface area contributed by atoms with Gasteiger partial charge in [-0.1, -0.05) is 163 Å². The van der Waals surface area contributed by atoms with Gasteiger partial charge >= 0.3 is 23.9 Å². The van der Waals surface area contributed by atoms with Crippen LogP contribution in [0.4, 0.5) is 0 Å². The molecule has 52 heavy (non-hydrogen) atoms. The number of carboxylic acids is 3. The van der Waals surface area contributed by atoms with Crippen molar-refractivity contribution in [2.75, 3.05) is 0 Å². The summed E-state index contributed by atoms with van der Waals surface area (Å²) in [7, 11) is 0. The van der Waals surface area contributed by atoms with Crippen molar-refractivity contribution in [3.8, 4) is 0 Å². The molecule has 0 heterocycles. The van der Waals surface area contributed by atoms with Crippen molar-refractivity contribution in [3.05, 3.63) is 0 Å². The van der Waals surface area contributed by atoms with E-state index in [0.29, 0.717) is 44.9 Å². The number of carbonyl (C=O) groups excluding carboxylic acids is 1. The zero-order valence-corrected chi connectivity index (χ0v) is 34.5. The third kappa shape index (κ3) is 34.9. The Bertz CT molecular complexity index is 844. The van der Waals surface area contributed by atoms with Crippen LogP contribution in [0.1, 0.15) is 246 Å². The highest BCUT2D eigenvalue weighted by atomic mass is 16.5. The molecule has 0 aliphatic carbocycles. The molecular weight excluding hydrogens is 656 g/mol. The molecular formula is C44H84O8. The summed E-state index contributed by atoms with van der Waals surface area (Å²) in [5.41, 5.74) is -0.717. The first kappa shape index (κ1) is 52.0. The Hall–Kier alpha value is -2.12. The minimum Gasteiger partial charge on any atom is -0.481 e. The van der Waals surface area contributed by atoms with E-state index >= 15 is 0 Å². The molecule has 0 aromatic carbocycles. The second-order valence-corrected chi connectivity index (χ2v) is 15.3. The Balaban J connectivity index is 0. The lowest BCUT2D eigenvalue weighted by Crippen LogP contribution is -2.31. The van der Waals surface area contributed by atoms with E-state index < -0.39 is 23.3 Å². The van der Waals surface area contributed by atoms with Crippen molar-refractivity contribution >= 4 is 23.9 Å². The van der Waals surface area contributed by atoms with Gasteiger partial charge in [-0.25, -0.2) is 0 Å². The van der Waals surface area contributed by atoms with Gasteiger partial charge in [-0.3, -0.25) is 19.2 Å². The maximum Gasteiger partial charge on any atom is 0.309 e. The molecule has 308 valence electrons. The maximum atomic E-state index is 12.1. The SMILES string of the molecule is CCCCCCCCC(CCCCCCC)OC(=O)CCCCC(=O)O.CCCCCCCCCC(CCCCCCC)(CCCC(=O)O)C(=O)O. The molecule has 2 atom stereocenters. The van der Waals surface area contributed by atoms with Gasteiger partial charge in [0.2, 0.25) is 0 Å². The Morgan fingerprint density at radius 1 is 0.423 bits per heavy atom. The summed E-state index contributed by atoms with van der Waals surface area (Å²) in [6, 6.07) is 0. The van der Waals surface area contributed by atoms with Gasteiger partial charge < -0.3 is 20.1 Å². The molecule has 8 nitrogen and oxygen atoms in total. The van der Waals surface area contributed by atoms with Crippen LogP contribution in [0.15, 0.2) is 0 Å². The highest BCUT2D eigenvalue weighted by Crippen LogP contribution is 2.37. The van der Waals surface area contributed by atoms with E-state index in [1.54, 1.807) is 0 Å². The van der Waals surface area contributed by atoms with Gasteiger partial charge in [-0.05, 0) is 64.2 Å². The van der Waals surface area contributed by atoms with E-state index in [-0.39, 0.29) is 24.9 Å². The molecule has 0 aromatic rings. The summed E-state index contributed by atoms with van der Waals surface area (Å²) in [5, 5.41) is 27.4. The molecule has 0 rings (SSSR count). The Labute approximate surface area is 320 Å². The van der Waals surface area contributed by atoms with Gasteiger partial charge in [-0.15, -0.1) is 0 Å². The topological polar surface area (TPSA) is 138 Å². The highest BCUT2D eigenvalue weighted by molar-refractivity contribution is 5.74. The summed E-state index contributed by atoms with van der Waals surface area (Å²) in [6.07, 6.45) is 33.5. The smallest absolute Gasteiger partial charge is 0.309 e. The number of esters is 1. The number of carbonyl (C=O) groups is 4. The van der Waals surface area contributed by atoms with Crippen molar-refractivity contribution in [2.45, 2.75) is 252 Å². The lowest BCUT2D eigenvalue weighted by molar-refractivity contribution is -0.151. The van der Waals surface area contributed by atoms with E-state index in [2.05, 4.69) is 27.7 Å². The van der Waals surface area contributed by atoms with Crippen LogP contribution in [0.25, 0.3) is 0 Å². The molecule has 0 saturated carbocycles. The van der Waals surface area contributed by atoms with E-state index in [4.69, 9.17) is 14.9 Å². The van der Waals surface area contributed by atoms with Crippen LogP contribution in [0.5, 0.6) is 0 Å². The second kappa shape index (κ2) is 38.6. The molecule has 0 radical (unpaired) electrons. The molecule has 0 bridgehead atoms. The Morgan fingerprint density at radius 3 is 1.13 bits per heavy atom. The third-order valence-electron chi connectivity index (χ3n) is 10.3. The van der Waals surface area contributed by atoms with Gasteiger partial charge in [0.25, 0.3) is 0 Å². The molecule has 3 N–H and O–H groups in total. The second-order valence-electron chi connectivity index (χ2n) is 15.3. The van der Waals surface area contributed by atoms with Crippen molar-refractivity contribution in [1.82, 2.24) is 0 Å². The summed E-state index contributed by atoms with van der Waals surface area (Å²) in [6.45, 7) is 8.82. The quantitative estimate of drug-likeness (QED) is 0.0420. The average Bonchev–Trinajstić information content (AvgIpc) is 3.10. The normalized spacial score (nSPS) is 12.8. The first-order valence-corrected chi connectivity index (χ1v) is 21.9. The number of ether oxygens (including phenoxy) is 1. The molecule has 0 saturated heterocycles. The van der Waals surface area contributed by atoms with Crippen molar-refractivity contribution < 1.29 is 39.2 Å². The predicted molar refractivity (Wildman–Crippen MR) is 215 cm³/mol. The van der Waals surface area contributed by atoms with Crippen LogP contribution in [0.3, 0.4) is 0 Å². The minimum absolute atomic E-state index is 0.0507. The largest absolute Gasteiger partial charge is 0.481 e. The lowest BCUT2D eigenvalue weighted by atomic mass is 9.74. The molecule has 0 amide bonds. The lowest BCUT2D eigenvalue weighted by Gasteiger charge is -2.30. The standard InChI is InChI=1S/2C22H42O4/c1-3-5-7-9-10-12-14-18-22(21(25)26,19-15-16-20(23)24)17-13-11-8-6-4-2;1-3-5-7-9-11-13-17-20(16-12-10-8-6-4-2)26-22(25)19-15-14-18-21(23)24/h3-19H2,1-2H3,(H,23,24)(H,25,26);20H,3-19H2,1-2H3,(H,23,24).